The van der Waals surface area contributed by atoms with Gasteiger partial charge in [-0.05, 0) is 6.42 Å². The van der Waals surface area contributed by atoms with Crippen molar-refractivity contribution in [1.29, 1.82) is 0 Å². The third-order valence-electron chi connectivity index (χ3n) is 3.90. The number of ether oxygens (including phenoxy) is 2. The Labute approximate surface area is 154 Å². The van der Waals surface area contributed by atoms with Gasteiger partial charge in [-0.15, -0.1) is 0 Å². The molecular weight excluding hydrogens is 391 g/mol. The van der Waals surface area contributed by atoms with Crippen LogP contribution >= 0.6 is 7.60 Å². The molecule has 0 spiro atoms. The molecule has 4 unspecified atom stereocenters. The van der Waals surface area contributed by atoms with Crippen molar-refractivity contribution in [2.24, 2.45) is 0 Å². The van der Waals surface area contributed by atoms with Gasteiger partial charge < -0.3 is 39.9 Å². The third kappa shape index (κ3) is 7.09. The minimum Gasteiger partial charge on any atom is -0.462 e. The van der Waals surface area contributed by atoms with Gasteiger partial charge in [-0.2, -0.15) is 0 Å². The van der Waals surface area contributed by atoms with Gasteiger partial charge in [0, 0.05) is 13.8 Å². The lowest BCUT2D eigenvalue weighted by atomic mass is 9.85. The Balaban J connectivity index is 2.73. The summed E-state index contributed by atoms with van der Waals surface area (Å²) in [7, 11) is -4.51. The summed E-state index contributed by atoms with van der Waals surface area (Å²) >= 11 is 0. The molecule has 1 aliphatic carbocycles. The summed E-state index contributed by atoms with van der Waals surface area (Å²) in [6.45, 7) is 1.87. The second-order valence-electron chi connectivity index (χ2n) is 6.21. The van der Waals surface area contributed by atoms with E-state index in [1.54, 1.807) is 0 Å². The molecule has 1 rings (SSSR count). The van der Waals surface area contributed by atoms with E-state index < -0.39 is 68.4 Å². The second-order valence-corrected chi connectivity index (χ2v) is 8.14. The van der Waals surface area contributed by atoms with E-state index in [0.29, 0.717) is 0 Å². The predicted octanol–water partition coefficient (Wildman–Crippen LogP) is -2.74. The zero-order chi connectivity index (χ0) is 20.9. The highest BCUT2D eigenvalue weighted by Crippen LogP contribution is 2.46. The maximum absolute atomic E-state index is 12.2. The first-order valence-corrected chi connectivity index (χ1v) is 9.83. The molecule has 0 heterocycles. The molecule has 0 aromatic rings. The van der Waals surface area contributed by atoms with Gasteiger partial charge in [-0.1, -0.05) is 0 Å². The van der Waals surface area contributed by atoms with Crippen LogP contribution in [0, 0.1) is 0 Å². The zero-order valence-corrected chi connectivity index (χ0v) is 15.6. The average Bonchev–Trinajstić information content (AvgIpc) is 2.57. The Morgan fingerprint density at radius 1 is 0.926 bits per heavy atom. The van der Waals surface area contributed by atoms with E-state index >= 15 is 0 Å². The number of hydrogen-bond acceptors (Lipinski definition) is 11. The minimum absolute atomic E-state index is 0.257. The molecule has 0 amide bonds. The van der Waals surface area contributed by atoms with Gasteiger partial charge in [0.15, 0.2) is 0 Å². The van der Waals surface area contributed by atoms with Crippen molar-refractivity contribution in [3.8, 4) is 0 Å². The van der Waals surface area contributed by atoms with Gasteiger partial charge in [0.1, 0.15) is 49.3 Å². The first-order chi connectivity index (χ1) is 12.4. The van der Waals surface area contributed by atoms with E-state index in [4.69, 9.17) is 14.0 Å². The number of aliphatic hydroxyl groups is 5. The second kappa shape index (κ2) is 9.89. The lowest BCUT2D eigenvalue weighted by Gasteiger charge is -2.41. The van der Waals surface area contributed by atoms with Crippen LogP contribution in [0.5, 0.6) is 0 Å². The Kier molecular flexibility index (Phi) is 8.77. The number of carbonyl (C=O) groups is 2. The van der Waals surface area contributed by atoms with Crippen molar-refractivity contribution in [3.63, 3.8) is 0 Å². The van der Waals surface area contributed by atoms with Crippen molar-refractivity contribution < 1.29 is 58.6 Å². The predicted molar refractivity (Wildman–Crippen MR) is 86.4 cm³/mol. The summed E-state index contributed by atoms with van der Waals surface area (Å²) in [6, 6.07) is 0. The van der Waals surface area contributed by atoms with Crippen LogP contribution in [0.15, 0.2) is 0 Å². The number of hydrogen-bond donors (Lipinski definition) is 6. The number of aliphatic hydroxyl groups excluding tert-OH is 5. The van der Waals surface area contributed by atoms with E-state index in [-0.39, 0.29) is 13.0 Å². The molecule has 0 aromatic carbocycles. The monoisotopic (exact) mass is 416 g/mol. The van der Waals surface area contributed by atoms with Gasteiger partial charge >= 0.3 is 19.5 Å². The lowest BCUT2D eigenvalue weighted by Crippen LogP contribution is -2.64. The Morgan fingerprint density at radius 3 is 1.85 bits per heavy atom. The van der Waals surface area contributed by atoms with Gasteiger partial charge in [0.2, 0.25) is 0 Å². The Morgan fingerprint density at radius 2 is 1.41 bits per heavy atom. The number of carbonyl (C=O) groups excluding carboxylic acids is 2. The van der Waals surface area contributed by atoms with Gasteiger partial charge in [0.05, 0.1) is 6.16 Å². The van der Waals surface area contributed by atoms with E-state index in [0.717, 1.165) is 13.8 Å². The molecule has 13 heteroatoms. The van der Waals surface area contributed by atoms with Crippen LogP contribution in [-0.4, -0.2) is 97.9 Å². The highest BCUT2D eigenvalue weighted by Gasteiger charge is 2.50. The summed E-state index contributed by atoms with van der Waals surface area (Å²) in [5.74, 6) is -1.36. The fourth-order valence-corrected chi connectivity index (χ4v) is 3.84. The maximum Gasteiger partial charge on any atom is 0.328 e. The molecule has 1 aliphatic rings. The van der Waals surface area contributed by atoms with E-state index in [2.05, 4.69) is 0 Å². The Bertz CT molecular complexity index is 552. The van der Waals surface area contributed by atoms with Gasteiger partial charge in [-0.3, -0.25) is 18.7 Å². The SMILES string of the molecule is CC(=O)OCC(CCP(=O)(O)OC1[C@@H](O)[C@H](O)C(O)[C@H](O)[C@@H]1O)OC(C)=O. The summed E-state index contributed by atoms with van der Waals surface area (Å²) in [6.07, 6.45) is -13.3. The molecule has 27 heavy (non-hydrogen) atoms. The first kappa shape index (κ1) is 23.9. The molecule has 0 aliphatic heterocycles. The van der Waals surface area contributed by atoms with Crippen LogP contribution in [0.3, 0.4) is 0 Å². The number of rotatable bonds is 8. The fraction of sp³-hybridized carbons (Fsp3) is 0.857. The molecule has 8 atom stereocenters. The van der Waals surface area contributed by atoms with Crippen molar-refractivity contribution >= 4 is 19.5 Å². The maximum atomic E-state index is 12.2. The molecule has 0 radical (unpaired) electrons. The molecule has 12 nitrogen and oxygen atoms in total. The average molecular weight is 416 g/mol. The summed E-state index contributed by atoms with van der Waals surface area (Å²) in [4.78, 5) is 31.8. The largest absolute Gasteiger partial charge is 0.462 e. The third-order valence-corrected chi connectivity index (χ3v) is 5.29. The van der Waals surface area contributed by atoms with Crippen LogP contribution < -0.4 is 0 Å². The molecule has 6 N–H and O–H groups in total. The highest BCUT2D eigenvalue weighted by atomic mass is 31.2. The molecule has 158 valence electrons. The van der Waals surface area contributed by atoms with Crippen LogP contribution in [0.1, 0.15) is 20.3 Å². The number of esters is 2. The fourth-order valence-electron chi connectivity index (χ4n) is 2.49. The standard InChI is InChI=1S/C14H25O12P/c1-6(15)24-5-8(25-7(2)16)3-4-27(22,23)26-14-12(20)10(18)9(17)11(19)13(14)21/h8-14,17-21H,3-5H2,1-2H3,(H,22,23)/t8?,9?,10-,11+,12-,13-,14?/m0/s1. The van der Waals surface area contributed by atoms with Crippen LogP contribution in [0.2, 0.25) is 0 Å². The molecule has 0 aromatic heterocycles. The van der Waals surface area contributed by atoms with Crippen molar-refractivity contribution in [2.75, 3.05) is 12.8 Å². The molecule has 1 fully saturated rings. The van der Waals surface area contributed by atoms with Crippen LogP contribution in [0.25, 0.3) is 0 Å². The van der Waals surface area contributed by atoms with E-state index in [1.807, 2.05) is 0 Å². The molecule has 0 bridgehead atoms. The van der Waals surface area contributed by atoms with Crippen LogP contribution in [-0.2, 0) is 28.2 Å². The van der Waals surface area contributed by atoms with Crippen molar-refractivity contribution in [2.45, 2.75) is 63.0 Å². The summed E-state index contributed by atoms with van der Waals surface area (Å²) in [5, 5.41) is 48.4. The topological polar surface area (TPSA) is 200 Å². The highest BCUT2D eigenvalue weighted by molar-refractivity contribution is 7.52. The van der Waals surface area contributed by atoms with Gasteiger partial charge in [0.25, 0.3) is 0 Å². The van der Waals surface area contributed by atoms with Crippen molar-refractivity contribution in [3.05, 3.63) is 0 Å². The minimum atomic E-state index is -4.51. The van der Waals surface area contributed by atoms with E-state index in [9.17, 15) is 44.6 Å². The molecule has 1 saturated carbocycles. The Hall–Kier alpha value is -1.11. The van der Waals surface area contributed by atoms with Crippen molar-refractivity contribution in [1.82, 2.24) is 0 Å². The smallest absolute Gasteiger partial charge is 0.328 e. The first-order valence-electron chi connectivity index (χ1n) is 8.07. The normalized spacial score (nSPS) is 34.4. The zero-order valence-electron chi connectivity index (χ0n) is 14.7. The molecular formula is C14H25O12P. The lowest BCUT2D eigenvalue weighted by molar-refractivity contribution is -0.218. The summed E-state index contributed by atoms with van der Waals surface area (Å²) in [5.41, 5.74) is 0. The quantitative estimate of drug-likeness (QED) is 0.176. The summed E-state index contributed by atoms with van der Waals surface area (Å²) < 4.78 is 26.6. The van der Waals surface area contributed by atoms with E-state index in [1.165, 1.54) is 0 Å². The van der Waals surface area contributed by atoms with Gasteiger partial charge in [-0.25, -0.2) is 0 Å². The molecule has 0 saturated heterocycles. The van der Waals surface area contributed by atoms with Crippen LogP contribution in [0.4, 0.5) is 0 Å².